The summed E-state index contributed by atoms with van der Waals surface area (Å²) in [6.07, 6.45) is 2.93. The number of nitrogens with zero attached hydrogens (tertiary/aromatic N) is 1. The highest BCUT2D eigenvalue weighted by Crippen LogP contribution is 2.28. The zero-order valence-corrected chi connectivity index (χ0v) is 11.5. The summed E-state index contributed by atoms with van der Waals surface area (Å²) in [5.41, 5.74) is 2.17. The van der Waals surface area contributed by atoms with E-state index in [-0.39, 0.29) is 11.8 Å². The monoisotopic (exact) mass is 272 g/mol. The lowest BCUT2D eigenvalue weighted by molar-refractivity contribution is -0.122. The SMILES string of the molecule is O=C(NCCc1nc(-c2ccccc2)cs1)C1CC1. The van der Waals surface area contributed by atoms with Crippen molar-refractivity contribution in [1.29, 1.82) is 0 Å². The van der Waals surface area contributed by atoms with E-state index in [1.54, 1.807) is 11.3 Å². The van der Waals surface area contributed by atoms with Crippen LogP contribution in [0, 0.1) is 5.92 Å². The van der Waals surface area contributed by atoms with E-state index in [0.717, 1.165) is 35.5 Å². The highest BCUT2D eigenvalue weighted by atomic mass is 32.1. The Morgan fingerprint density at radius 1 is 1.32 bits per heavy atom. The first-order valence-corrected chi connectivity index (χ1v) is 7.48. The summed E-state index contributed by atoms with van der Waals surface area (Å²) in [6, 6.07) is 10.2. The summed E-state index contributed by atoms with van der Waals surface area (Å²) in [5, 5.41) is 6.13. The molecule has 1 aliphatic carbocycles. The molecular formula is C15H16N2OS. The average molecular weight is 272 g/mol. The molecule has 1 fully saturated rings. The summed E-state index contributed by atoms with van der Waals surface area (Å²) in [7, 11) is 0. The van der Waals surface area contributed by atoms with Crippen LogP contribution in [-0.2, 0) is 11.2 Å². The van der Waals surface area contributed by atoms with Gasteiger partial charge in [0.25, 0.3) is 0 Å². The lowest BCUT2D eigenvalue weighted by Crippen LogP contribution is -2.26. The smallest absolute Gasteiger partial charge is 0.223 e. The third-order valence-corrected chi connectivity index (χ3v) is 4.12. The zero-order valence-electron chi connectivity index (χ0n) is 10.6. The number of hydrogen-bond acceptors (Lipinski definition) is 3. The van der Waals surface area contributed by atoms with Gasteiger partial charge in [-0.25, -0.2) is 4.98 Å². The standard InChI is InChI=1S/C15H16N2OS/c18-15(12-6-7-12)16-9-8-14-17-13(10-19-14)11-4-2-1-3-5-11/h1-5,10,12H,6-9H2,(H,16,18). The molecule has 2 aromatic rings. The number of carbonyl (C=O) groups is 1. The van der Waals surface area contributed by atoms with Crippen molar-refractivity contribution in [1.82, 2.24) is 10.3 Å². The molecule has 0 atom stereocenters. The topological polar surface area (TPSA) is 42.0 Å². The molecule has 1 aliphatic rings. The molecule has 0 spiro atoms. The van der Waals surface area contributed by atoms with Crippen LogP contribution < -0.4 is 5.32 Å². The van der Waals surface area contributed by atoms with Crippen molar-refractivity contribution in [2.75, 3.05) is 6.54 Å². The van der Waals surface area contributed by atoms with Crippen LogP contribution in [-0.4, -0.2) is 17.4 Å². The first-order chi connectivity index (χ1) is 9.33. The van der Waals surface area contributed by atoms with E-state index >= 15 is 0 Å². The predicted octanol–water partition coefficient (Wildman–Crippen LogP) is 2.88. The largest absolute Gasteiger partial charge is 0.355 e. The molecule has 1 aromatic heterocycles. The fourth-order valence-corrected chi connectivity index (χ4v) is 2.76. The molecule has 0 aliphatic heterocycles. The maximum absolute atomic E-state index is 11.5. The minimum absolute atomic E-state index is 0.208. The van der Waals surface area contributed by atoms with Gasteiger partial charge < -0.3 is 5.32 Å². The normalized spacial score (nSPS) is 14.3. The molecule has 4 heteroatoms. The number of aromatic nitrogens is 1. The summed E-state index contributed by atoms with van der Waals surface area (Å²) in [4.78, 5) is 16.1. The van der Waals surface area contributed by atoms with Crippen LogP contribution in [0.25, 0.3) is 11.3 Å². The Morgan fingerprint density at radius 2 is 2.11 bits per heavy atom. The number of amides is 1. The fraction of sp³-hybridized carbons (Fsp3) is 0.333. The van der Waals surface area contributed by atoms with Gasteiger partial charge >= 0.3 is 0 Å². The molecule has 0 saturated heterocycles. The maximum Gasteiger partial charge on any atom is 0.223 e. The molecule has 1 aromatic carbocycles. The minimum Gasteiger partial charge on any atom is -0.355 e. The number of rotatable bonds is 5. The van der Waals surface area contributed by atoms with Gasteiger partial charge in [0.2, 0.25) is 5.91 Å². The maximum atomic E-state index is 11.5. The van der Waals surface area contributed by atoms with Gasteiger partial charge in [-0.1, -0.05) is 30.3 Å². The summed E-state index contributed by atoms with van der Waals surface area (Å²) in [6.45, 7) is 0.692. The van der Waals surface area contributed by atoms with E-state index in [1.807, 2.05) is 18.2 Å². The van der Waals surface area contributed by atoms with E-state index in [1.165, 1.54) is 0 Å². The molecule has 1 N–H and O–H groups in total. The van der Waals surface area contributed by atoms with Crippen molar-refractivity contribution in [3.05, 3.63) is 40.7 Å². The number of benzene rings is 1. The molecule has 19 heavy (non-hydrogen) atoms. The van der Waals surface area contributed by atoms with Gasteiger partial charge in [-0.2, -0.15) is 0 Å². The number of carbonyl (C=O) groups excluding carboxylic acids is 1. The molecule has 1 saturated carbocycles. The second kappa shape index (κ2) is 5.53. The Kier molecular flexibility index (Phi) is 3.60. The van der Waals surface area contributed by atoms with E-state index in [2.05, 4.69) is 27.8 Å². The molecule has 98 valence electrons. The number of nitrogens with one attached hydrogen (secondary N) is 1. The summed E-state index contributed by atoms with van der Waals surface area (Å²) >= 11 is 1.66. The first kappa shape index (κ1) is 12.4. The summed E-state index contributed by atoms with van der Waals surface area (Å²) in [5.74, 6) is 0.496. The fourth-order valence-electron chi connectivity index (χ4n) is 1.95. The molecular weight excluding hydrogens is 256 g/mol. The van der Waals surface area contributed by atoms with Crippen molar-refractivity contribution >= 4 is 17.2 Å². The Hall–Kier alpha value is -1.68. The third-order valence-electron chi connectivity index (χ3n) is 3.21. The Balaban J connectivity index is 1.54. The second-order valence-electron chi connectivity index (χ2n) is 4.81. The van der Waals surface area contributed by atoms with Crippen LogP contribution in [0.3, 0.4) is 0 Å². The second-order valence-corrected chi connectivity index (χ2v) is 5.75. The van der Waals surface area contributed by atoms with Crippen LogP contribution in [0.4, 0.5) is 0 Å². The Labute approximate surface area is 116 Å². The van der Waals surface area contributed by atoms with Crippen molar-refractivity contribution in [2.45, 2.75) is 19.3 Å². The molecule has 0 bridgehead atoms. The minimum atomic E-state index is 0.208. The van der Waals surface area contributed by atoms with Gasteiger partial charge in [-0.05, 0) is 12.8 Å². The van der Waals surface area contributed by atoms with Crippen LogP contribution in [0.2, 0.25) is 0 Å². The quantitative estimate of drug-likeness (QED) is 0.909. The third kappa shape index (κ3) is 3.20. The predicted molar refractivity (Wildman–Crippen MR) is 77.0 cm³/mol. The van der Waals surface area contributed by atoms with Gasteiger partial charge in [-0.3, -0.25) is 4.79 Å². The van der Waals surface area contributed by atoms with Gasteiger partial charge in [-0.15, -0.1) is 11.3 Å². The van der Waals surface area contributed by atoms with Crippen molar-refractivity contribution in [3.63, 3.8) is 0 Å². The van der Waals surface area contributed by atoms with Gasteiger partial charge in [0.15, 0.2) is 0 Å². The molecule has 1 heterocycles. The summed E-state index contributed by atoms with van der Waals surface area (Å²) < 4.78 is 0. The highest BCUT2D eigenvalue weighted by Gasteiger charge is 2.29. The van der Waals surface area contributed by atoms with Crippen molar-refractivity contribution in [3.8, 4) is 11.3 Å². The molecule has 0 radical (unpaired) electrons. The lowest BCUT2D eigenvalue weighted by Gasteiger charge is -2.01. The molecule has 3 nitrogen and oxygen atoms in total. The number of thiazole rings is 1. The van der Waals surface area contributed by atoms with Crippen molar-refractivity contribution in [2.24, 2.45) is 5.92 Å². The van der Waals surface area contributed by atoms with Gasteiger partial charge in [0.1, 0.15) is 0 Å². The van der Waals surface area contributed by atoms with E-state index in [0.29, 0.717) is 6.54 Å². The van der Waals surface area contributed by atoms with E-state index < -0.39 is 0 Å². The average Bonchev–Trinajstić information content (AvgIpc) is 3.20. The van der Waals surface area contributed by atoms with E-state index in [9.17, 15) is 4.79 Å². The molecule has 3 rings (SSSR count). The zero-order chi connectivity index (χ0) is 13.1. The van der Waals surface area contributed by atoms with Crippen LogP contribution >= 0.6 is 11.3 Å². The van der Waals surface area contributed by atoms with Crippen LogP contribution in [0.5, 0.6) is 0 Å². The Bertz CT molecular complexity index is 561. The van der Waals surface area contributed by atoms with Gasteiger partial charge in [0.05, 0.1) is 10.7 Å². The first-order valence-electron chi connectivity index (χ1n) is 6.60. The number of hydrogen-bond donors (Lipinski definition) is 1. The lowest BCUT2D eigenvalue weighted by atomic mass is 10.2. The van der Waals surface area contributed by atoms with Crippen LogP contribution in [0.15, 0.2) is 35.7 Å². The highest BCUT2D eigenvalue weighted by molar-refractivity contribution is 7.09. The van der Waals surface area contributed by atoms with E-state index in [4.69, 9.17) is 0 Å². The van der Waals surface area contributed by atoms with Gasteiger partial charge in [0, 0.05) is 29.8 Å². The molecule has 1 amide bonds. The van der Waals surface area contributed by atoms with Crippen LogP contribution in [0.1, 0.15) is 17.8 Å². The van der Waals surface area contributed by atoms with Crippen molar-refractivity contribution < 1.29 is 4.79 Å². The molecule has 0 unspecified atom stereocenters. The Morgan fingerprint density at radius 3 is 2.84 bits per heavy atom.